The fourth-order valence-corrected chi connectivity index (χ4v) is 2.22. The maximum Gasteiger partial charge on any atom is 0.127 e. The van der Waals surface area contributed by atoms with Gasteiger partial charge in [0, 0.05) is 38.1 Å². The molecule has 0 aliphatic carbocycles. The number of benzene rings is 1. The minimum absolute atomic E-state index is 0.565. The van der Waals surface area contributed by atoms with Crippen LogP contribution in [0, 0.1) is 6.92 Å². The van der Waals surface area contributed by atoms with Crippen LogP contribution in [0.3, 0.4) is 0 Å². The van der Waals surface area contributed by atoms with Gasteiger partial charge in [0.2, 0.25) is 0 Å². The molecule has 96 valence electrons. The van der Waals surface area contributed by atoms with Gasteiger partial charge in [0.05, 0.1) is 6.54 Å². The Balaban J connectivity index is 2.16. The largest absolute Gasteiger partial charge is 0.367 e. The average molecular weight is 264 g/mol. The highest BCUT2D eigenvalue weighted by Crippen LogP contribution is 2.20. The van der Waals surface area contributed by atoms with E-state index in [2.05, 4.69) is 42.1 Å². The van der Waals surface area contributed by atoms with E-state index in [0.717, 1.165) is 12.4 Å². The van der Waals surface area contributed by atoms with Gasteiger partial charge < -0.3 is 9.47 Å². The molecule has 1 aromatic heterocycles. The third-order valence-electron chi connectivity index (χ3n) is 3.21. The average Bonchev–Trinajstić information content (AvgIpc) is 2.75. The number of imidazole rings is 1. The standard InChI is InChI=1S/C14H18ClN3/c1-11-8-13(5-4-12(11)9-15)18(3)10-14-16-6-7-17(14)2/h4-8H,9-10H2,1-3H3. The zero-order valence-electron chi connectivity index (χ0n) is 11.0. The van der Waals surface area contributed by atoms with Gasteiger partial charge in [0.15, 0.2) is 0 Å². The Morgan fingerprint density at radius 3 is 2.72 bits per heavy atom. The van der Waals surface area contributed by atoms with E-state index < -0.39 is 0 Å². The summed E-state index contributed by atoms with van der Waals surface area (Å²) in [6.45, 7) is 2.89. The molecule has 0 aliphatic rings. The lowest BCUT2D eigenvalue weighted by Gasteiger charge is -2.20. The number of rotatable bonds is 4. The molecule has 0 unspecified atom stereocenters. The van der Waals surface area contributed by atoms with Crippen LogP contribution in [0.25, 0.3) is 0 Å². The first-order valence-electron chi connectivity index (χ1n) is 5.94. The molecule has 2 rings (SSSR count). The van der Waals surface area contributed by atoms with E-state index >= 15 is 0 Å². The molecule has 4 heteroatoms. The molecular weight excluding hydrogens is 246 g/mol. The van der Waals surface area contributed by atoms with Crippen molar-refractivity contribution in [3.05, 3.63) is 47.5 Å². The van der Waals surface area contributed by atoms with Crippen LogP contribution in [0.5, 0.6) is 0 Å². The molecule has 1 aromatic carbocycles. The summed E-state index contributed by atoms with van der Waals surface area (Å²) in [5.41, 5.74) is 3.60. The van der Waals surface area contributed by atoms with Crippen LogP contribution < -0.4 is 4.90 Å². The van der Waals surface area contributed by atoms with Gasteiger partial charge in [-0.3, -0.25) is 0 Å². The van der Waals surface area contributed by atoms with Crippen LogP contribution in [-0.4, -0.2) is 16.6 Å². The van der Waals surface area contributed by atoms with E-state index in [-0.39, 0.29) is 0 Å². The highest BCUT2D eigenvalue weighted by Gasteiger charge is 2.07. The van der Waals surface area contributed by atoms with Crippen LogP contribution in [0.4, 0.5) is 5.69 Å². The third-order valence-corrected chi connectivity index (χ3v) is 3.50. The van der Waals surface area contributed by atoms with Crippen LogP contribution in [0.15, 0.2) is 30.6 Å². The second-order valence-corrected chi connectivity index (χ2v) is 4.82. The van der Waals surface area contributed by atoms with E-state index in [1.54, 1.807) is 0 Å². The lowest BCUT2D eigenvalue weighted by molar-refractivity contribution is 0.761. The molecule has 0 bridgehead atoms. The van der Waals surface area contributed by atoms with Crippen LogP contribution in [-0.2, 0) is 19.5 Å². The van der Waals surface area contributed by atoms with E-state index in [4.69, 9.17) is 11.6 Å². The zero-order valence-corrected chi connectivity index (χ0v) is 11.8. The smallest absolute Gasteiger partial charge is 0.127 e. The lowest BCUT2D eigenvalue weighted by Crippen LogP contribution is -2.19. The van der Waals surface area contributed by atoms with Gasteiger partial charge >= 0.3 is 0 Å². The molecule has 0 fully saturated rings. The fourth-order valence-electron chi connectivity index (χ4n) is 1.92. The van der Waals surface area contributed by atoms with Gasteiger partial charge in [-0.25, -0.2) is 4.98 Å². The Hall–Kier alpha value is -1.48. The second-order valence-electron chi connectivity index (χ2n) is 4.55. The number of halogens is 1. The van der Waals surface area contributed by atoms with Crippen molar-refractivity contribution in [2.45, 2.75) is 19.3 Å². The third kappa shape index (κ3) is 2.67. The Kier molecular flexibility index (Phi) is 3.92. The van der Waals surface area contributed by atoms with Crippen molar-refractivity contribution in [1.82, 2.24) is 9.55 Å². The number of anilines is 1. The monoisotopic (exact) mass is 263 g/mol. The molecule has 18 heavy (non-hydrogen) atoms. The van der Waals surface area contributed by atoms with Crippen molar-refractivity contribution in [1.29, 1.82) is 0 Å². The molecule has 0 N–H and O–H groups in total. The summed E-state index contributed by atoms with van der Waals surface area (Å²) in [4.78, 5) is 6.53. The van der Waals surface area contributed by atoms with E-state index in [1.807, 2.05) is 24.0 Å². The second kappa shape index (κ2) is 5.44. The summed E-state index contributed by atoms with van der Waals surface area (Å²) < 4.78 is 2.04. The Morgan fingerprint density at radius 2 is 2.17 bits per heavy atom. The molecule has 0 spiro atoms. The quantitative estimate of drug-likeness (QED) is 0.791. The van der Waals surface area contributed by atoms with Crippen molar-refractivity contribution in [2.24, 2.45) is 7.05 Å². The Labute approximate surface area is 113 Å². The van der Waals surface area contributed by atoms with Crippen LogP contribution in [0.2, 0.25) is 0 Å². The summed E-state index contributed by atoms with van der Waals surface area (Å²) in [5, 5.41) is 0. The van der Waals surface area contributed by atoms with Crippen molar-refractivity contribution in [3.63, 3.8) is 0 Å². The number of aryl methyl sites for hydroxylation is 2. The molecule has 1 heterocycles. The molecule has 0 aliphatic heterocycles. The predicted octanol–water partition coefficient (Wildman–Crippen LogP) is 3.10. The van der Waals surface area contributed by atoms with Crippen molar-refractivity contribution in [3.8, 4) is 0 Å². The maximum atomic E-state index is 5.87. The van der Waals surface area contributed by atoms with Crippen molar-refractivity contribution < 1.29 is 0 Å². The number of hydrogen-bond donors (Lipinski definition) is 0. The first-order chi connectivity index (χ1) is 8.61. The summed E-state index contributed by atoms with van der Waals surface area (Å²) in [5.74, 6) is 1.62. The summed E-state index contributed by atoms with van der Waals surface area (Å²) >= 11 is 5.87. The number of hydrogen-bond acceptors (Lipinski definition) is 2. The van der Waals surface area contributed by atoms with Crippen LogP contribution in [0.1, 0.15) is 17.0 Å². The highest BCUT2D eigenvalue weighted by molar-refractivity contribution is 6.17. The Morgan fingerprint density at radius 1 is 1.39 bits per heavy atom. The number of aromatic nitrogens is 2. The summed E-state index contributed by atoms with van der Waals surface area (Å²) in [7, 11) is 4.09. The van der Waals surface area contributed by atoms with Gasteiger partial charge in [-0.05, 0) is 30.2 Å². The van der Waals surface area contributed by atoms with Gasteiger partial charge in [-0.15, -0.1) is 11.6 Å². The summed E-state index contributed by atoms with van der Waals surface area (Å²) in [6, 6.07) is 6.36. The first kappa shape index (κ1) is 13.0. The van der Waals surface area contributed by atoms with Gasteiger partial charge in [-0.1, -0.05) is 6.07 Å². The molecule has 0 atom stereocenters. The first-order valence-corrected chi connectivity index (χ1v) is 6.48. The minimum atomic E-state index is 0.565. The topological polar surface area (TPSA) is 21.1 Å². The molecule has 3 nitrogen and oxygen atoms in total. The highest BCUT2D eigenvalue weighted by atomic mass is 35.5. The molecule has 0 saturated carbocycles. The molecule has 2 aromatic rings. The van der Waals surface area contributed by atoms with Crippen molar-refractivity contribution in [2.75, 3.05) is 11.9 Å². The van der Waals surface area contributed by atoms with Gasteiger partial charge in [0.1, 0.15) is 5.82 Å². The Bertz CT molecular complexity index is 534. The van der Waals surface area contributed by atoms with Gasteiger partial charge in [0.25, 0.3) is 0 Å². The SMILES string of the molecule is Cc1cc(N(C)Cc2nccn2C)ccc1CCl. The number of alkyl halides is 1. The maximum absolute atomic E-state index is 5.87. The lowest BCUT2D eigenvalue weighted by atomic mass is 10.1. The van der Waals surface area contributed by atoms with Crippen LogP contribution >= 0.6 is 11.6 Å². The number of nitrogens with zero attached hydrogens (tertiary/aromatic N) is 3. The van der Waals surface area contributed by atoms with Gasteiger partial charge in [-0.2, -0.15) is 0 Å². The minimum Gasteiger partial charge on any atom is -0.367 e. The van der Waals surface area contributed by atoms with E-state index in [0.29, 0.717) is 5.88 Å². The fraction of sp³-hybridized carbons (Fsp3) is 0.357. The molecule has 0 saturated heterocycles. The molecule has 0 amide bonds. The zero-order chi connectivity index (χ0) is 13.1. The summed E-state index contributed by atoms with van der Waals surface area (Å²) in [6.07, 6.45) is 3.79. The molecular formula is C14H18ClN3. The van der Waals surface area contributed by atoms with Crippen molar-refractivity contribution >= 4 is 17.3 Å². The predicted molar refractivity (Wildman–Crippen MR) is 76.1 cm³/mol. The van der Waals surface area contributed by atoms with E-state index in [9.17, 15) is 0 Å². The van der Waals surface area contributed by atoms with E-state index in [1.165, 1.54) is 16.8 Å². The normalized spacial score (nSPS) is 10.7. The molecule has 0 radical (unpaired) electrons.